The molecule has 0 fully saturated rings. The Balaban J connectivity index is 1.58. The maximum atomic E-state index is 13.2. The molecule has 0 bridgehead atoms. The zero-order valence-corrected chi connectivity index (χ0v) is 15.3. The van der Waals surface area contributed by atoms with Crippen molar-refractivity contribution in [2.75, 3.05) is 17.7 Å². The van der Waals surface area contributed by atoms with Gasteiger partial charge in [0.1, 0.15) is 17.3 Å². The van der Waals surface area contributed by atoms with Gasteiger partial charge in [0.25, 0.3) is 5.91 Å². The number of aromatic nitrogens is 1. The van der Waals surface area contributed by atoms with Crippen LogP contribution in [-0.4, -0.2) is 18.0 Å². The summed E-state index contributed by atoms with van der Waals surface area (Å²) in [6, 6.07) is 15.1. The Morgan fingerprint density at radius 2 is 1.85 bits per heavy atom. The molecule has 0 unspecified atom stereocenters. The van der Waals surface area contributed by atoms with E-state index in [0.29, 0.717) is 12.2 Å². The molecule has 1 heterocycles. The van der Waals surface area contributed by atoms with Gasteiger partial charge < -0.3 is 15.4 Å². The number of pyridine rings is 1. The minimum Gasteiger partial charge on any atom is -0.497 e. The van der Waals surface area contributed by atoms with E-state index < -0.39 is 11.7 Å². The molecule has 0 spiro atoms. The van der Waals surface area contributed by atoms with Gasteiger partial charge in [-0.2, -0.15) is 0 Å². The van der Waals surface area contributed by atoms with Gasteiger partial charge in [0.2, 0.25) is 0 Å². The smallest absolute Gasteiger partial charge is 0.274 e. The summed E-state index contributed by atoms with van der Waals surface area (Å²) in [5.74, 6) is -0.141. The number of benzene rings is 2. The first kappa shape index (κ1) is 18.7. The normalized spacial score (nSPS) is 10.3. The quantitative estimate of drug-likeness (QED) is 0.643. The van der Waals surface area contributed by atoms with Gasteiger partial charge in [-0.25, -0.2) is 9.37 Å². The molecule has 3 rings (SSSR count). The molecule has 1 aromatic heterocycles. The highest BCUT2D eigenvalue weighted by Crippen LogP contribution is 2.20. The van der Waals surface area contributed by atoms with Crippen LogP contribution in [-0.2, 0) is 6.54 Å². The fraction of sp³-hybridized carbons (Fsp3) is 0.100. The van der Waals surface area contributed by atoms with Crippen LogP contribution in [0.1, 0.15) is 16.1 Å². The third kappa shape index (κ3) is 4.95. The van der Waals surface area contributed by atoms with Crippen LogP contribution in [0, 0.1) is 5.82 Å². The standard InChI is InChI=1S/C20H17ClFN3O2/c1-27-16-6-2-13(3-7-16)11-23-15-5-9-19(24-12-15)20(26)25-14-4-8-18(22)17(21)10-14/h2-10,12,23H,11H2,1H3,(H,25,26). The Labute approximate surface area is 161 Å². The van der Waals surface area contributed by atoms with Crippen molar-refractivity contribution in [3.8, 4) is 5.75 Å². The Kier molecular flexibility index (Phi) is 5.88. The average molecular weight is 386 g/mol. The molecule has 2 aromatic carbocycles. The van der Waals surface area contributed by atoms with E-state index in [4.69, 9.17) is 16.3 Å². The number of methoxy groups -OCH3 is 1. The number of anilines is 2. The van der Waals surface area contributed by atoms with Crippen molar-refractivity contribution in [3.05, 3.63) is 82.9 Å². The predicted octanol–water partition coefficient (Wildman–Crippen LogP) is 4.75. The van der Waals surface area contributed by atoms with Gasteiger partial charge in [-0.3, -0.25) is 4.79 Å². The Morgan fingerprint density at radius 1 is 1.11 bits per heavy atom. The second-order valence-electron chi connectivity index (χ2n) is 5.72. The van der Waals surface area contributed by atoms with Crippen molar-refractivity contribution in [1.29, 1.82) is 0 Å². The minimum absolute atomic E-state index is 0.0566. The minimum atomic E-state index is -0.542. The Bertz CT molecular complexity index is 931. The molecule has 5 nitrogen and oxygen atoms in total. The van der Waals surface area contributed by atoms with Gasteiger partial charge in [-0.15, -0.1) is 0 Å². The fourth-order valence-electron chi connectivity index (χ4n) is 2.35. The maximum absolute atomic E-state index is 13.2. The van der Waals surface area contributed by atoms with Gasteiger partial charge in [0.15, 0.2) is 0 Å². The highest BCUT2D eigenvalue weighted by Gasteiger charge is 2.09. The van der Waals surface area contributed by atoms with Gasteiger partial charge in [-0.1, -0.05) is 23.7 Å². The summed E-state index contributed by atoms with van der Waals surface area (Å²) in [5.41, 5.74) is 2.51. The first-order chi connectivity index (χ1) is 13.0. The lowest BCUT2D eigenvalue weighted by Crippen LogP contribution is -2.13. The largest absolute Gasteiger partial charge is 0.497 e. The number of nitrogens with one attached hydrogen (secondary N) is 2. The van der Waals surface area contributed by atoms with E-state index in [1.165, 1.54) is 18.2 Å². The summed E-state index contributed by atoms with van der Waals surface area (Å²) >= 11 is 5.71. The Morgan fingerprint density at radius 3 is 2.48 bits per heavy atom. The summed E-state index contributed by atoms with van der Waals surface area (Å²) in [6.07, 6.45) is 1.58. The molecule has 0 atom stereocenters. The second kappa shape index (κ2) is 8.51. The number of carbonyl (C=O) groups is 1. The van der Waals surface area contributed by atoms with Crippen molar-refractivity contribution in [3.63, 3.8) is 0 Å². The third-order valence-electron chi connectivity index (χ3n) is 3.83. The molecule has 0 aliphatic rings. The maximum Gasteiger partial charge on any atom is 0.274 e. The second-order valence-corrected chi connectivity index (χ2v) is 6.12. The summed E-state index contributed by atoms with van der Waals surface area (Å²) in [7, 11) is 1.63. The molecule has 3 aromatic rings. The first-order valence-electron chi connectivity index (χ1n) is 8.14. The van der Waals surface area contributed by atoms with Gasteiger partial charge >= 0.3 is 0 Å². The van der Waals surface area contributed by atoms with Crippen LogP contribution in [0.5, 0.6) is 5.75 Å². The van der Waals surface area contributed by atoms with E-state index in [1.807, 2.05) is 24.3 Å². The molecular formula is C20H17ClFN3O2. The van der Waals surface area contributed by atoms with Crippen LogP contribution in [0.4, 0.5) is 15.8 Å². The Hall–Kier alpha value is -3.12. The zero-order chi connectivity index (χ0) is 19.2. The van der Waals surface area contributed by atoms with Crippen molar-refractivity contribution < 1.29 is 13.9 Å². The summed E-state index contributed by atoms with van der Waals surface area (Å²) < 4.78 is 18.3. The van der Waals surface area contributed by atoms with Gasteiger partial charge in [0.05, 0.1) is 24.0 Å². The van der Waals surface area contributed by atoms with Gasteiger partial charge in [-0.05, 0) is 48.0 Å². The molecule has 0 saturated carbocycles. The number of carbonyl (C=O) groups excluding carboxylic acids is 1. The van der Waals surface area contributed by atoms with Crippen LogP contribution in [0.2, 0.25) is 5.02 Å². The molecule has 7 heteroatoms. The number of amides is 1. The van der Waals surface area contributed by atoms with Gasteiger partial charge in [0, 0.05) is 12.2 Å². The molecule has 1 amide bonds. The van der Waals surface area contributed by atoms with Crippen LogP contribution in [0.3, 0.4) is 0 Å². The third-order valence-corrected chi connectivity index (χ3v) is 4.12. The van der Waals surface area contributed by atoms with E-state index in [-0.39, 0.29) is 10.7 Å². The highest BCUT2D eigenvalue weighted by atomic mass is 35.5. The van der Waals surface area contributed by atoms with E-state index in [2.05, 4.69) is 15.6 Å². The summed E-state index contributed by atoms with van der Waals surface area (Å²) in [5, 5.41) is 5.81. The molecular weight excluding hydrogens is 369 g/mol. The summed E-state index contributed by atoms with van der Waals surface area (Å²) in [4.78, 5) is 16.4. The SMILES string of the molecule is COc1ccc(CNc2ccc(C(=O)Nc3ccc(F)c(Cl)c3)nc2)cc1. The number of rotatable bonds is 6. The number of hydrogen-bond acceptors (Lipinski definition) is 4. The van der Waals surface area contributed by atoms with Crippen LogP contribution in [0.15, 0.2) is 60.8 Å². The predicted molar refractivity (Wildman–Crippen MR) is 104 cm³/mol. The summed E-state index contributed by atoms with van der Waals surface area (Å²) in [6.45, 7) is 0.616. The van der Waals surface area contributed by atoms with E-state index in [9.17, 15) is 9.18 Å². The van der Waals surface area contributed by atoms with E-state index >= 15 is 0 Å². The molecule has 0 radical (unpaired) electrons. The van der Waals surface area contributed by atoms with Crippen molar-refractivity contribution >= 4 is 28.9 Å². The van der Waals surface area contributed by atoms with Crippen LogP contribution < -0.4 is 15.4 Å². The zero-order valence-electron chi connectivity index (χ0n) is 14.5. The monoisotopic (exact) mass is 385 g/mol. The molecule has 0 saturated heterocycles. The number of halogens is 2. The molecule has 2 N–H and O–H groups in total. The van der Waals surface area contributed by atoms with Crippen LogP contribution in [0.25, 0.3) is 0 Å². The van der Waals surface area contributed by atoms with Crippen molar-refractivity contribution in [1.82, 2.24) is 4.98 Å². The fourth-order valence-corrected chi connectivity index (χ4v) is 2.53. The van der Waals surface area contributed by atoms with Crippen molar-refractivity contribution in [2.45, 2.75) is 6.54 Å². The lowest BCUT2D eigenvalue weighted by molar-refractivity contribution is 0.102. The number of hydrogen-bond donors (Lipinski definition) is 2. The molecule has 138 valence electrons. The van der Waals surface area contributed by atoms with Crippen molar-refractivity contribution in [2.24, 2.45) is 0 Å². The first-order valence-corrected chi connectivity index (χ1v) is 8.52. The van der Waals surface area contributed by atoms with E-state index in [1.54, 1.807) is 25.4 Å². The van der Waals surface area contributed by atoms with E-state index in [0.717, 1.165) is 17.0 Å². The number of nitrogens with zero attached hydrogens (tertiary/aromatic N) is 1. The molecule has 0 aliphatic heterocycles. The lowest BCUT2D eigenvalue weighted by Gasteiger charge is -2.09. The lowest BCUT2D eigenvalue weighted by atomic mass is 10.2. The number of ether oxygens (including phenoxy) is 1. The highest BCUT2D eigenvalue weighted by molar-refractivity contribution is 6.31. The molecule has 27 heavy (non-hydrogen) atoms. The average Bonchev–Trinajstić information content (AvgIpc) is 2.70. The topological polar surface area (TPSA) is 63.2 Å². The molecule has 0 aliphatic carbocycles. The van der Waals surface area contributed by atoms with Crippen LogP contribution >= 0.6 is 11.6 Å².